The van der Waals surface area contributed by atoms with Gasteiger partial charge in [0.1, 0.15) is 18.4 Å². The molecule has 10 heteroatoms. The third kappa shape index (κ3) is 7.94. The second-order valence-electron chi connectivity index (χ2n) is 9.67. The van der Waals surface area contributed by atoms with E-state index in [-0.39, 0.29) is 36.8 Å². The number of hydrogen-bond donors (Lipinski definition) is 2. The van der Waals surface area contributed by atoms with Crippen LogP contribution < -0.4 is 9.46 Å². The first-order valence-corrected chi connectivity index (χ1v) is 14.7. The van der Waals surface area contributed by atoms with Crippen molar-refractivity contribution in [3.05, 3.63) is 106 Å². The van der Waals surface area contributed by atoms with Gasteiger partial charge in [-0.3, -0.25) is 9.59 Å². The van der Waals surface area contributed by atoms with Crippen molar-refractivity contribution in [2.45, 2.75) is 50.3 Å². The fourth-order valence-electron chi connectivity index (χ4n) is 4.37. The number of benzene rings is 3. The summed E-state index contributed by atoms with van der Waals surface area (Å²) >= 11 is 5.98. The number of carboxylic acids is 1. The van der Waals surface area contributed by atoms with Gasteiger partial charge in [-0.05, 0) is 67.3 Å². The van der Waals surface area contributed by atoms with Crippen LogP contribution in [0.5, 0.6) is 5.75 Å². The Hall–Kier alpha value is -3.66. The standard InChI is InChI=1S/C30H31ClN2O6S/c1-21-6-13-26(14-7-21)40(37,38)32-27-5-3-2-4-16-33(30(27)36)19-24-17-23(18-29(34)35)10-15-28(24)39-20-22-8-11-25(31)12-9-22/h2-3,6-15,17,27,32H,4-5,16,18-20H2,1H3,(H,34,35). The normalized spacial score (nSPS) is 15.9. The Labute approximate surface area is 239 Å². The summed E-state index contributed by atoms with van der Waals surface area (Å²) in [6.07, 6.45) is 4.36. The Bertz CT molecular complexity index is 1490. The Morgan fingerprint density at radius 3 is 2.45 bits per heavy atom. The van der Waals surface area contributed by atoms with E-state index in [2.05, 4.69) is 4.72 Å². The van der Waals surface area contributed by atoms with E-state index in [1.54, 1.807) is 47.4 Å². The van der Waals surface area contributed by atoms with Crippen molar-refractivity contribution in [1.29, 1.82) is 0 Å². The number of rotatable bonds is 10. The molecule has 1 unspecified atom stereocenters. The molecule has 2 N–H and O–H groups in total. The fourth-order valence-corrected chi connectivity index (χ4v) is 5.70. The van der Waals surface area contributed by atoms with Crippen molar-refractivity contribution in [1.82, 2.24) is 9.62 Å². The molecule has 1 heterocycles. The van der Waals surface area contributed by atoms with Gasteiger partial charge in [-0.1, -0.05) is 59.6 Å². The lowest BCUT2D eigenvalue weighted by Gasteiger charge is -2.29. The SMILES string of the molecule is Cc1ccc(S(=O)(=O)NC2CC=CCCN(Cc3cc(CC(=O)O)ccc3OCc3ccc(Cl)cc3)C2=O)cc1. The highest BCUT2D eigenvalue weighted by molar-refractivity contribution is 7.89. The lowest BCUT2D eigenvalue weighted by Crippen LogP contribution is -2.48. The Morgan fingerprint density at radius 2 is 1.75 bits per heavy atom. The molecule has 0 spiro atoms. The first-order valence-electron chi connectivity index (χ1n) is 12.8. The number of carboxylic acid groups (broad SMARTS) is 1. The van der Waals surface area contributed by atoms with Crippen molar-refractivity contribution < 1.29 is 27.9 Å². The zero-order chi connectivity index (χ0) is 28.7. The number of sulfonamides is 1. The zero-order valence-corrected chi connectivity index (χ0v) is 23.6. The Balaban J connectivity index is 1.58. The molecule has 0 aromatic heterocycles. The number of halogens is 1. The first kappa shape index (κ1) is 29.3. The molecular formula is C30H31ClN2O6S. The van der Waals surface area contributed by atoms with E-state index in [4.69, 9.17) is 16.3 Å². The molecule has 3 aromatic carbocycles. The van der Waals surface area contributed by atoms with Gasteiger partial charge in [0.25, 0.3) is 0 Å². The first-order chi connectivity index (χ1) is 19.1. The number of carbonyl (C=O) groups is 2. The molecule has 0 saturated carbocycles. The van der Waals surface area contributed by atoms with Crippen LogP contribution in [0.3, 0.4) is 0 Å². The van der Waals surface area contributed by atoms with Crippen LogP contribution in [-0.2, 0) is 39.2 Å². The van der Waals surface area contributed by atoms with Crippen molar-refractivity contribution in [2.24, 2.45) is 0 Å². The van der Waals surface area contributed by atoms with Crippen LogP contribution in [0.25, 0.3) is 0 Å². The Kier molecular flexibility index (Phi) is 9.63. The van der Waals surface area contributed by atoms with E-state index in [0.717, 1.165) is 11.1 Å². The van der Waals surface area contributed by atoms with Crippen molar-refractivity contribution >= 4 is 33.5 Å². The Morgan fingerprint density at radius 1 is 1.05 bits per heavy atom. The molecule has 0 saturated heterocycles. The second-order valence-corrected chi connectivity index (χ2v) is 11.8. The number of carbonyl (C=O) groups excluding carboxylic acids is 1. The number of hydrogen-bond acceptors (Lipinski definition) is 5. The minimum absolute atomic E-state index is 0.0859. The molecule has 4 rings (SSSR count). The number of amides is 1. The topological polar surface area (TPSA) is 113 Å². The van der Waals surface area contributed by atoms with Crippen LogP contribution in [0, 0.1) is 6.92 Å². The van der Waals surface area contributed by atoms with Gasteiger partial charge < -0.3 is 14.7 Å². The van der Waals surface area contributed by atoms with E-state index < -0.39 is 22.0 Å². The highest BCUT2D eigenvalue weighted by Gasteiger charge is 2.30. The van der Waals surface area contributed by atoms with Crippen molar-refractivity contribution in [3.63, 3.8) is 0 Å². The number of aliphatic carboxylic acids is 1. The number of ether oxygens (including phenoxy) is 1. The van der Waals surface area contributed by atoms with Crippen LogP contribution in [0.15, 0.2) is 83.8 Å². The largest absolute Gasteiger partial charge is 0.489 e. The molecular weight excluding hydrogens is 552 g/mol. The van der Waals surface area contributed by atoms with Crippen LogP contribution in [0.2, 0.25) is 5.02 Å². The van der Waals surface area contributed by atoms with E-state index in [0.29, 0.717) is 34.9 Å². The van der Waals surface area contributed by atoms with Gasteiger partial charge in [0, 0.05) is 23.7 Å². The lowest BCUT2D eigenvalue weighted by molar-refractivity contribution is -0.136. The smallest absolute Gasteiger partial charge is 0.307 e. The lowest BCUT2D eigenvalue weighted by atomic mass is 10.0. The second kappa shape index (κ2) is 13.1. The molecule has 210 valence electrons. The number of nitrogens with one attached hydrogen (secondary N) is 1. The van der Waals surface area contributed by atoms with Gasteiger partial charge in [0.2, 0.25) is 15.9 Å². The van der Waals surface area contributed by atoms with Crippen molar-refractivity contribution in [3.8, 4) is 5.75 Å². The monoisotopic (exact) mass is 582 g/mol. The van der Waals surface area contributed by atoms with Crippen molar-refractivity contribution in [2.75, 3.05) is 6.54 Å². The molecule has 0 bridgehead atoms. The maximum Gasteiger partial charge on any atom is 0.307 e. The van der Waals surface area contributed by atoms with Crippen LogP contribution in [0.4, 0.5) is 0 Å². The van der Waals surface area contributed by atoms with Gasteiger partial charge in [-0.25, -0.2) is 8.42 Å². The van der Waals surface area contributed by atoms with Gasteiger partial charge in [-0.15, -0.1) is 0 Å². The highest BCUT2D eigenvalue weighted by atomic mass is 35.5. The third-order valence-corrected chi connectivity index (χ3v) is 8.23. The maximum atomic E-state index is 13.7. The summed E-state index contributed by atoms with van der Waals surface area (Å²) < 4.78 is 34.8. The van der Waals surface area contributed by atoms with Gasteiger partial charge in [-0.2, -0.15) is 4.72 Å². The van der Waals surface area contributed by atoms with Gasteiger partial charge in [0.15, 0.2) is 0 Å². The molecule has 8 nitrogen and oxygen atoms in total. The zero-order valence-electron chi connectivity index (χ0n) is 22.0. The summed E-state index contributed by atoms with van der Waals surface area (Å²) in [5.74, 6) is -0.836. The minimum Gasteiger partial charge on any atom is -0.489 e. The fraction of sp³-hybridized carbons (Fsp3) is 0.267. The maximum absolute atomic E-state index is 13.7. The van der Waals surface area contributed by atoms with E-state index in [1.807, 2.05) is 31.2 Å². The highest BCUT2D eigenvalue weighted by Crippen LogP contribution is 2.25. The van der Waals surface area contributed by atoms with Crippen LogP contribution >= 0.6 is 11.6 Å². The van der Waals surface area contributed by atoms with E-state index in [1.165, 1.54) is 12.1 Å². The summed E-state index contributed by atoms with van der Waals surface area (Å²) in [4.78, 5) is 26.7. The van der Waals surface area contributed by atoms with E-state index in [9.17, 15) is 23.1 Å². The molecule has 1 atom stereocenters. The van der Waals surface area contributed by atoms with Crippen LogP contribution in [-0.4, -0.2) is 42.9 Å². The molecule has 0 fully saturated rings. The quantitative estimate of drug-likeness (QED) is 0.329. The summed E-state index contributed by atoms with van der Waals surface area (Å²) in [5, 5.41) is 9.92. The molecule has 1 aliphatic rings. The van der Waals surface area contributed by atoms with Crippen LogP contribution in [0.1, 0.15) is 35.1 Å². The summed E-state index contributed by atoms with van der Waals surface area (Å²) in [6.45, 7) is 2.60. The molecule has 0 aliphatic carbocycles. The molecule has 1 amide bonds. The van der Waals surface area contributed by atoms with E-state index >= 15 is 0 Å². The summed E-state index contributed by atoms with van der Waals surface area (Å²) in [5.41, 5.74) is 3.01. The average molecular weight is 583 g/mol. The molecule has 1 aliphatic heterocycles. The molecule has 40 heavy (non-hydrogen) atoms. The predicted molar refractivity (Wildman–Crippen MR) is 153 cm³/mol. The molecule has 3 aromatic rings. The minimum atomic E-state index is -3.94. The summed E-state index contributed by atoms with van der Waals surface area (Å²) in [7, 11) is -3.94. The van der Waals surface area contributed by atoms with Gasteiger partial charge >= 0.3 is 5.97 Å². The summed E-state index contributed by atoms with van der Waals surface area (Å²) in [6, 6.07) is 17.8. The predicted octanol–water partition coefficient (Wildman–Crippen LogP) is 4.88. The molecule has 0 radical (unpaired) electrons. The number of nitrogens with zero attached hydrogens (tertiary/aromatic N) is 1. The third-order valence-electron chi connectivity index (χ3n) is 6.49. The number of aryl methyl sites for hydroxylation is 1. The average Bonchev–Trinajstić information content (AvgIpc) is 2.90. The van der Waals surface area contributed by atoms with Gasteiger partial charge in [0.05, 0.1) is 11.3 Å².